The molecular weight excluding hydrogens is 336 g/mol. The van der Waals surface area contributed by atoms with E-state index in [2.05, 4.69) is 20.8 Å². The van der Waals surface area contributed by atoms with Gasteiger partial charge < -0.3 is 10.6 Å². The van der Waals surface area contributed by atoms with Crippen molar-refractivity contribution >= 4 is 35.1 Å². The second kappa shape index (κ2) is 7.65. The van der Waals surface area contributed by atoms with Crippen molar-refractivity contribution in [2.75, 3.05) is 16.4 Å². The van der Waals surface area contributed by atoms with Gasteiger partial charge in [0.05, 0.1) is 5.75 Å². The zero-order valence-electron chi connectivity index (χ0n) is 14.2. The Bertz CT molecular complexity index is 788. The Kier molecular flexibility index (Phi) is 5.33. The quantitative estimate of drug-likeness (QED) is 0.777. The average molecular weight is 356 g/mol. The van der Waals surface area contributed by atoms with Crippen molar-refractivity contribution in [3.05, 3.63) is 41.5 Å². The summed E-state index contributed by atoms with van der Waals surface area (Å²) in [7, 11) is 0. The number of rotatable bonds is 6. The lowest BCUT2D eigenvalue weighted by Crippen LogP contribution is -2.16. The molecule has 0 spiro atoms. The number of carbonyl (C=O) groups excluding carboxylic acids is 2. The van der Waals surface area contributed by atoms with E-state index in [9.17, 15) is 9.59 Å². The van der Waals surface area contributed by atoms with E-state index in [4.69, 9.17) is 0 Å². The summed E-state index contributed by atoms with van der Waals surface area (Å²) < 4.78 is 0. The lowest BCUT2D eigenvalue weighted by atomic mass is 10.1. The molecule has 0 aliphatic heterocycles. The fraction of sp³-hybridized carbons (Fsp3) is 0.333. The summed E-state index contributed by atoms with van der Waals surface area (Å²) in [6.07, 6.45) is 1.89. The van der Waals surface area contributed by atoms with Crippen LogP contribution in [0.4, 0.5) is 11.5 Å². The predicted molar refractivity (Wildman–Crippen MR) is 98.7 cm³/mol. The van der Waals surface area contributed by atoms with Crippen LogP contribution in [0.3, 0.4) is 0 Å². The molecule has 1 aliphatic rings. The average Bonchev–Trinajstić information content (AvgIpc) is 3.43. The van der Waals surface area contributed by atoms with Gasteiger partial charge in [-0.1, -0.05) is 23.9 Å². The van der Waals surface area contributed by atoms with Gasteiger partial charge in [0, 0.05) is 11.6 Å². The molecule has 1 fully saturated rings. The SMILES string of the molecule is Cc1cccc(NC(=O)CSc2ccc(NC(=O)C3CC3)nn2)c1C. The molecule has 130 valence electrons. The van der Waals surface area contributed by atoms with Crippen molar-refractivity contribution < 1.29 is 9.59 Å². The maximum atomic E-state index is 12.1. The topological polar surface area (TPSA) is 84.0 Å². The molecule has 0 unspecified atom stereocenters. The summed E-state index contributed by atoms with van der Waals surface area (Å²) in [5.74, 6) is 0.732. The third-order valence-corrected chi connectivity index (χ3v) is 4.99. The Morgan fingerprint density at radius 1 is 1.12 bits per heavy atom. The van der Waals surface area contributed by atoms with Crippen LogP contribution in [0.5, 0.6) is 0 Å². The van der Waals surface area contributed by atoms with Crippen LogP contribution in [0.15, 0.2) is 35.4 Å². The summed E-state index contributed by atoms with van der Waals surface area (Å²) in [5, 5.41) is 14.3. The fourth-order valence-electron chi connectivity index (χ4n) is 2.25. The number of aromatic nitrogens is 2. The lowest BCUT2D eigenvalue weighted by molar-refractivity contribution is -0.117. The van der Waals surface area contributed by atoms with Gasteiger partial charge in [-0.05, 0) is 56.0 Å². The highest BCUT2D eigenvalue weighted by atomic mass is 32.2. The van der Waals surface area contributed by atoms with Crippen molar-refractivity contribution in [1.29, 1.82) is 0 Å². The standard InChI is InChI=1S/C18H20N4O2S/c1-11-4-3-5-14(12(11)2)19-16(23)10-25-17-9-8-15(21-22-17)20-18(24)13-6-7-13/h3-5,8-9,13H,6-7,10H2,1-2H3,(H,19,23)(H,20,21,24). The molecule has 2 N–H and O–H groups in total. The molecule has 1 heterocycles. The molecule has 2 aromatic rings. The smallest absolute Gasteiger partial charge is 0.234 e. The highest BCUT2D eigenvalue weighted by Gasteiger charge is 2.29. The van der Waals surface area contributed by atoms with Gasteiger partial charge in [-0.2, -0.15) is 0 Å². The second-order valence-electron chi connectivity index (χ2n) is 6.10. The number of thioether (sulfide) groups is 1. The summed E-state index contributed by atoms with van der Waals surface area (Å²) in [5.41, 5.74) is 3.03. The van der Waals surface area contributed by atoms with E-state index < -0.39 is 0 Å². The Morgan fingerprint density at radius 3 is 2.60 bits per heavy atom. The monoisotopic (exact) mass is 356 g/mol. The normalized spacial score (nSPS) is 13.4. The van der Waals surface area contributed by atoms with E-state index >= 15 is 0 Å². The Hall–Kier alpha value is -2.41. The molecule has 1 aliphatic carbocycles. The van der Waals surface area contributed by atoms with Crippen LogP contribution < -0.4 is 10.6 Å². The molecule has 1 saturated carbocycles. The predicted octanol–water partition coefficient (Wildman–Crippen LogP) is 3.17. The molecule has 1 aromatic carbocycles. The molecule has 0 saturated heterocycles. The van der Waals surface area contributed by atoms with Crippen LogP contribution in [-0.4, -0.2) is 27.8 Å². The first kappa shape index (κ1) is 17.4. The van der Waals surface area contributed by atoms with Crippen LogP contribution in [0, 0.1) is 19.8 Å². The number of aryl methyl sites for hydroxylation is 1. The maximum absolute atomic E-state index is 12.1. The zero-order valence-corrected chi connectivity index (χ0v) is 15.0. The molecular formula is C18H20N4O2S. The van der Waals surface area contributed by atoms with Gasteiger partial charge >= 0.3 is 0 Å². The van der Waals surface area contributed by atoms with Gasteiger partial charge in [0.2, 0.25) is 11.8 Å². The first-order valence-corrected chi connectivity index (χ1v) is 9.15. The first-order valence-electron chi connectivity index (χ1n) is 8.16. The first-order chi connectivity index (χ1) is 12.0. The minimum absolute atomic E-state index is 0.00241. The van der Waals surface area contributed by atoms with Crippen LogP contribution >= 0.6 is 11.8 Å². The minimum Gasteiger partial charge on any atom is -0.325 e. The number of carbonyl (C=O) groups is 2. The van der Waals surface area contributed by atoms with Crippen LogP contribution in [0.1, 0.15) is 24.0 Å². The van der Waals surface area contributed by atoms with E-state index in [0.29, 0.717) is 10.8 Å². The Balaban J connectivity index is 1.50. The Morgan fingerprint density at radius 2 is 1.92 bits per heavy atom. The van der Waals surface area contributed by atoms with Crippen molar-refractivity contribution in [3.63, 3.8) is 0 Å². The third kappa shape index (κ3) is 4.79. The molecule has 1 aromatic heterocycles. The van der Waals surface area contributed by atoms with Crippen molar-refractivity contribution in [2.24, 2.45) is 5.92 Å². The van der Waals surface area contributed by atoms with E-state index in [1.807, 2.05) is 32.0 Å². The number of hydrogen-bond acceptors (Lipinski definition) is 5. The molecule has 2 amide bonds. The van der Waals surface area contributed by atoms with E-state index in [0.717, 1.165) is 29.7 Å². The molecule has 7 heteroatoms. The molecule has 3 rings (SSSR count). The maximum Gasteiger partial charge on any atom is 0.234 e. The molecule has 0 bridgehead atoms. The highest BCUT2D eigenvalue weighted by molar-refractivity contribution is 7.99. The highest BCUT2D eigenvalue weighted by Crippen LogP contribution is 2.30. The molecule has 25 heavy (non-hydrogen) atoms. The molecule has 0 radical (unpaired) electrons. The van der Waals surface area contributed by atoms with Gasteiger partial charge in [0.15, 0.2) is 5.82 Å². The van der Waals surface area contributed by atoms with Crippen molar-refractivity contribution in [2.45, 2.75) is 31.7 Å². The number of nitrogens with zero attached hydrogens (tertiary/aromatic N) is 2. The number of amides is 2. The third-order valence-electron chi connectivity index (χ3n) is 4.07. The molecule has 6 nitrogen and oxygen atoms in total. The van der Waals surface area contributed by atoms with Gasteiger partial charge in [0.25, 0.3) is 0 Å². The number of anilines is 2. The lowest BCUT2D eigenvalue weighted by Gasteiger charge is -2.10. The summed E-state index contributed by atoms with van der Waals surface area (Å²) >= 11 is 1.31. The van der Waals surface area contributed by atoms with E-state index in [1.165, 1.54) is 11.8 Å². The van der Waals surface area contributed by atoms with Gasteiger partial charge in [-0.25, -0.2) is 0 Å². The number of benzene rings is 1. The fourth-order valence-corrected chi connectivity index (χ4v) is 2.86. The van der Waals surface area contributed by atoms with Gasteiger partial charge in [-0.15, -0.1) is 10.2 Å². The zero-order chi connectivity index (χ0) is 17.8. The van der Waals surface area contributed by atoms with Crippen molar-refractivity contribution in [1.82, 2.24) is 10.2 Å². The van der Waals surface area contributed by atoms with Crippen LogP contribution in [0.25, 0.3) is 0 Å². The van der Waals surface area contributed by atoms with Crippen LogP contribution in [-0.2, 0) is 9.59 Å². The van der Waals surface area contributed by atoms with Gasteiger partial charge in [0.1, 0.15) is 5.03 Å². The molecule has 0 atom stereocenters. The van der Waals surface area contributed by atoms with Crippen LogP contribution in [0.2, 0.25) is 0 Å². The van der Waals surface area contributed by atoms with Crippen molar-refractivity contribution in [3.8, 4) is 0 Å². The minimum atomic E-state index is -0.0911. The largest absolute Gasteiger partial charge is 0.325 e. The van der Waals surface area contributed by atoms with Gasteiger partial charge in [-0.3, -0.25) is 9.59 Å². The number of hydrogen-bond donors (Lipinski definition) is 2. The number of nitrogens with one attached hydrogen (secondary N) is 2. The summed E-state index contributed by atoms with van der Waals surface area (Å²) in [6, 6.07) is 9.29. The Labute approximate surface area is 150 Å². The summed E-state index contributed by atoms with van der Waals surface area (Å²) in [6.45, 7) is 4.00. The van der Waals surface area contributed by atoms with E-state index in [1.54, 1.807) is 12.1 Å². The summed E-state index contributed by atoms with van der Waals surface area (Å²) in [4.78, 5) is 23.8. The second-order valence-corrected chi connectivity index (χ2v) is 7.10. The van der Waals surface area contributed by atoms with E-state index in [-0.39, 0.29) is 23.5 Å².